The predicted molar refractivity (Wildman–Crippen MR) is 78.6 cm³/mol. The van der Waals surface area contributed by atoms with Gasteiger partial charge < -0.3 is 20.0 Å². The van der Waals surface area contributed by atoms with Crippen molar-refractivity contribution in [3.8, 4) is 5.75 Å². The van der Waals surface area contributed by atoms with Crippen molar-refractivity contribution in [2.45, 2.75) is 31.2 Å². The van der Waals surface area contributed by atoms with E-state index in [0.717, 1.165) is 37.2 Å². The molecule has 2 aromatic rings. The molecule has 0 bridgehead atoms. The fourth-order valence-corrected chi connectivity index (χ4v) is 2.70. The number of nitrogens with zero attached hydrogens (tertiary/aromatic N) is 2. The van der Waals surface area contributed by atoms with Gasteiger partial charge in [0, 0.05) is 18.0 Å². The summed E-state index contributed by atoms with van der Waals surface area (Å²) < 4.78 is 40.6. The molecule has 3 rings (SSSR count). The number of hydrogen-bond donors (Lipinski definition) is 1. The highest BCUT2D eigenvalue weighted by Crippen LogP contribution is 2.44. The molecule has 0 amide bonds. The van der Waals surface area contributed by atoms with Gasteiger partial charge in [-0.25, -0.2) is 9.97 Å². The molecule has 0 unspecified atom stereocenters. The molecule has 1 N–H and O–H groups in total. The van der Waals surface area contributed by atoms with Crippen molar-refractivity contribution in [3.63, 3.8) is 0 Å². The van der Waals surface area contributed by atoms with E-state index in [1.165, 1.54) is 12.1 Å². The maximum absolute atomic E-state index is 12.2. The lowest BCUT2D eigenvalue weighted by atomic mass is 9.72. The Balaban J connectivity index is 1.77. The van der Waals surface area contributed by atoms with Crippen LogP contribution < -0.4 is 15.2 Å². The van der Waals surface area contributed by atoms with Gasteiger partial charge in [0.25, 0.3) is 0 Å². The van der Waals surface area contributed by atoms with E-state index in [1.807, 2.05) is 0 Å². The van der Waals surface area contributed by atoms with Crippen LogP contribution in [0.15, 0.2) is 36.7 Å². The van der Waals surface area contributed by atoms with E-state index in [9.17, 15) is 23.1 Å². The van der Waals surface area contributed by atoms with Crippen LogP contribution in [-0.4, -0.2) is 22.3 Å². The number of halogens is 3. The summed E-state index contributed by atoms with van der Waals surface area (Å²) in [5, 5.41) is 13.9. The highest BCUT2D eigenvalue weighted by molar-refractivity contribution is 5.84. The number of carboxylic acid groups (broad SMARTS) is 1. The largest absolute Gasteiger partial charge is 0.573 e. The Labute approximate surface area is 140 Å². The maximum Gasteiger partial charge on any atom is 0.573 e. The molecule has 0 saturated heterocycles. The molecule has 1 aliphatic rings. The van der Waals surface area contributed by atoms with Crippen LogP contribution in [0.2, 0.25) is 0 Å². The first-order chi connectivity index (χ1) is 11.8. The third-order valence-electron chi connectivity index (χ3n) is 4.09. The summed E-state index contributed by atoms with van der Waals surface area (Å²) in [6.07, 6.45) is -0.0296. The van der Waals surface area contributed by atoms with E-state index < -0.39 is 17.9 Å². The Morgan fingerprint density at radius 3 is 2.20 bits per heavy atom. The minimum absolute atomic E-state index is 0.137. The third kappa shape index (κ3) is 3.81. The predicted octanol–water partition coefficient (Wildman–Crippen LogP) is 2.23. The fourth-order valence-electron chi connectivity index (χ4n) is 2.70. The first kappa shape index (κ1) is 17.0. The Morgan fingerprint density at radius 2 is 1.76 bits per heavy atom. The minimum Gasteiger partial charge on any atom is -0.545 e. The molecule has 1 aliphatic carbocycles. The Bertz CT molecular complexity index is 757. The summed E-state index contributed by atoms with van der Waals surface area (Å²) in [4.78, 5) is 18.6. The van der Waals surface area contributed by atoms with Crippen molar-refractivity contribution in [1.82, 2.24) is 9.97 Å². The van der Waals surface area contributed by atoms with Crippen molar-refractivity contribution in [2.75, 3.05) is 5.32 Å². The Kier molecular flexibility index (Phi) is 4.23. The van der Waals surface area contributed by atoms with Gasteiger partial charge in [0.1, 0.15) is 5.75 Å². The molecule has 132 valence electrons. The van der Waals surface area contributed by atoms with Crippen molar-refractivity contribution in [2.24, 2.45) is 0 Å². The quantitative estimate of drug-likeness (QED) is 0.888. The number of carbonyl (C=O) groups is 1. The van der Waals surface area contributed by atoms with Gasteiger partial charge in [-0.3, -0.25) is 0 Å². The summed E-state index contributed by atoms with van der Waals surface area (Å²) in [5.74, 6) is -1.43. The van der Waals surface area contributed by atoms with Crippen LogP contribution in [0.25, 0.3) is 0 Å². The normalized spacial score (nSPS) is 16.0. The van der Waals surface area contributed by atoms with Crippen molar-refractivity contribution < 1.29 is 27.8 Å². The maximum atomic E-state index is 12.2. The number of hydrogen-bond acceptors (Lipinski definition) is 6. The number of rotatable bonds is 5. The van der Waals surface area contributed by atoms with E-state index in [1.54, 1.807) is 12.1 Å². The van der Waals surface area contributed by atoms with Crippen LogP contribution in [0.5, 0.6) is 5.75 Å². The standard InChI is InChI=1S/C16H14F3N3O3/c17-16(18,19)25-12-4-2-11(3-5-12)15(6-1-7-15)22-14-20-8-10(9-21-14)13(23)24/h2-5,8-9H,1,6-7H2,(H,23,24)(H,20,21,22)/p-1. The van der Waals surface area contributed by atoms with Gasteiger partial charge in [0.15, 0.2) is 0 Å². The van der Waals surface area contributed by atoms with E-state index in [-0.39, 0.29) is 17.3 Å². The van der Waals surface area contributed by atoms with Gasteiger partial charge in [0.2, 0.25) is 5.95 Å². The number of benzene rings is 1. The second-order valence-electron chi connectivity index (χ2n) is 5.72. The van der Waals surface area contributed by atoms with Crippen LogP contribution in [0.4, 0.5) is 19.1 Å². The van der Waals surface area contributed by atoms with E-state index in [2.05, 4.69) is 20.0 Å². The number of alkyl halides is 3. The third-order valence-corrected chi connectivity index (χ3v) is 4.09. The first-order valence-corrected chi connectivity index (χ1v) is 7.45. The molecule has 1 aromatic heterocycles. The molecule has 0 aliphatic heterocycles. The smallest absolute Gasteiger partial charge is 0.545 e. The van der Waals surface area contributed by atoms with Crippen molar-refractivity contribution in [3.05, 3.63) is 47.8 Å². The van der Waals surface area contributed by atoms with Crippen LogP contribution in [0.3, 0.4) is 0 Å². The van der Waals surface area contributed by atoms with Gasteiger partial charge in [0.05, 0.1) is 11.5 Å². The van der Waals surface area contributed by atoms with Gasteiger partial charge in [-0.2, -0.15) is 0 Å². The molecule has 25 heavy (non-hydrogen) atoms. The first-order valence-electron chi connectivity index (χ1n) is 7.45. The van der Waals surface area contributed by atoms with Crippen molar-refractivity contribution >= 4 is 11.9 Å². The number of aromatic carboxylic acids is 1. The van der Waals surface area contributed by atoms with Gasteiger partial charge in [-0.05, 0) is 37.0 Å². The Morgan fingerprint density at radius 1 is 1.16 bits per heavy atom. The average Bonchev–Trinajstić information content (AvgIpc) is 2.51. The number of carbonyl (C=O) groups excluding carboxylic acids is 1. The number of anilines is 1. The molecule has 1 aromatic carbocycles. The summed E-state index contributed by atoms with van der Waals surface area (Å²) >= 11 is 0. The van der Waals surface area contributed by atoms with Crippen molar-refractivity contribution in [1.29, 1.82) is 0 Å². The molecular formula is C16H13F3N3O3-. The second-order valence-corrected chi connectivity index (χ2v) is 5.72. The number of aromatic nitrogens is 2. The zero-order chi connectivity index (χ0) is 18.1. The molecule has 0 atom stereocenters. The second kappa shape index (κ2) is 6.23. The van der Waals surface area contributed by atoms with Crippen LogP contribution >= 0.6 is 0 Å². The van der Waals surface area contributed by atoms with Gasteiger partial charge in [-0.15, -0.1) is 13.2 Å². The fraction of sp³-hybridized carbons (Fsp3) is 0.312. The van der Waals surface area contributed by atoms with E-state index in [0.29, 0.717) is 0 Å². The monoisotopic (exact) mass is 352 g/mol. The lowest BCUT2D eigenvalue weighted by Gasteiger charge is -2.43. The number of carboxylic acids is 1. The van der Waals surface area contributed by atoms with E-state index in [4.69, 9.17) is 0 Å². The average molecular weight is 352 g/mol. The minimum atomic E-state index is -4.73. The molecule has 9 heteroatoms. The lowest BCUT2D eigenvalue weighted by molar-refractivity contribution is -0.274. The molecule has 6 nitrogen and oxygen atoms in total. The highest BCUT2D eigenvalue weighted by atomic mass is 19.4. The SMILES string of the molecule is O=C([O-])c1cnc(NC2(c3ccc(OC(F)(F)F)cc3)CCC2)nc1. The summed E-state index contributed by atoms with van der Waals surface area (Å²) in [6, 6.07) is 5.63. The highest BCUT2D eigenvalue weighted by Gasteiger charge is 2.39. The molecule has 0 spiro atoms. The summed E-state index contributed by atoms with van der Waals surface area (Å²) in [6.45, 7) is 0. The molecule has 1 heterocycles. The molecular weight excluding hydrogens is 339 g/mol. The number of ether oxygens (including phenoxy) is 1. The molecule has 0 radical (unpaired) electrons. The zero-order valence-electron chi connectivity index (χ0n) is 12.8. The summed E-state index contributed by atoms with van der Waals surface area (Å²) in [5.41, 5.74) is 0.141. The molecule has 1 fully saturated rings. The zero-order valence-corrected chi connectivity index (χ0v) is 12.8. The van der Waals surface area contributed by atoms with Gasteiger partial charge in [-0.1, -0.05) is 12.1 Å². The van der Waals surface area contributed by atoms with Crippen LogP contribution in [-0.2, 0) is 5.54 Å². The van der Waals surface area contributed by atoms with Gasteiger partial charge >= 0.3 is 6.36 Å². The molecule has 1 saturated carbocycles. The van der Waals surface area contributed by atoms with Crippen LogP contribution in [0, 0.1) is 0 Å². The topological polar surface area (TPSA) is 87.2 Å². The summed E-state index contributed by atoms with van der Waals surface area (Å²) in [7, 11) is 0. The lowest BCUT2D eigenvalue weighted by Crippen LogP contribution is -2.42. The van der Waals surface area contributed by atoms with Crippen LogP contribution in [0.1, 0.15) is 35.2 Å². The van der Waals surface area contributed by atoms with E-state index >= 15 is 0 Å². The Hall–Kier alpha value is -2.84. The number of nitrogens with one attached hydrogen (secondary N) is 1.